The monoisotopic (exact) mass is 304 g/mol. The molecule has 0 fully saturated rings. The van der Waals surface area contributed by atoms with E-state index in [0.29, 0.717) is 10.0 Å². The predicted molar refractivity (Wildman–Crippen MR) is 91.3 cm³/mol. The molecule has 0 unspecified atom stereocenters. The van der Waals surface area contributed by atoms with Gasteiger partial charge in [0.05, 0.1) is 5.69 Å². The van der Waals surface area contributed by atoms with Crippen molar-refractivity contribution in [1.29, 1.82) is 0 Å². The van der Waals surface area contributed by atoms with E-state index in [2.05, 4.69) is 36.9 Å². The van der Waals surface area contributed by atoms with E-state index in [9.17, 15) is 0 Å². The molecule has 4 heteroatoms. The summed E-state index contributed by atoms with van der Waals surface area (Å²) < 4.78 is 0. The number of hydrogen-bond acceptors (Lipinski definition) is 2. The number of thiocarbonyl (C=S) groups is 1. The lowest BCUT2D eigenvalue weighted by Crippen LogP contribution is -2.18. The van der Waals surface area contributed by atoms with Crippen LogP contribution in [0, 0.1) is 13.8 Å². The minimum atomic E-state index is 0.346. The van der Waals surface area contributed by atoms with E-state index in [-0.39, 0.29) is 0 Å². The maximum atomic E-state index is 6.03. The fourth-order valence-electron chi connectivity index (χ4n) is 2.28. The Kier molecular flexibility index (Phi) is 4.31. The van der Waals surface area contributed by atoms with Crippen LogP contribution in [0.5, 0.6) is 0 Å². The molecule has 104 valence electrons. The topological polar surface area (TPSA) is 29.3 Å². The van der Waals surface area contributed by atoms with Gasteiger partial charge in [0.2, 0.25) is 0 Å². The molecule has 0 aromatic heterocycles. The van der Waals surface area contributed by atoms with E-state index in [1.54, 1.807) is 6.07 Å². The predicted octanol–water partition coefficient (Wildman–Crippen LogP) is 4.36. The Morgan fingerprint density at radius 3 is 2.25 bits per heavy atom. The van der Waals surface area contributed by atoms with Gasteiger partial charge in [0.15, 0.2) is 0 Å². The van der Waals surface area contributed by atoms with Crippen LogP contribution in [0.15, 0.2) is 36.4 Å². The van der Waals surface area contributed by atoms with Crippen LogP contribution < -0.4 is 10.6 Å². The molecule has 0 spiro atoms. The molecule has 2 aromatic rings. The van der Waals surface area contributed by atoms with Crippen molar-refractivity contribution in [3.63, 3.8) is 0 Å². The van der Waals surface area contributed by atoms with Gasteiger partial charge >= 0.3 is 0 Å². The summed E-state index contributed by atoms with van der Waals surface area (Å²) in [5.41, 5.74) is 11.1. The second-order valence-corrected chi connectivity index (χ2v) is 5.81. The summed E-state index contributed by atoms with van der Waals surface area (Å²) in [6, 6.07) is 12.0. The van der Waals surface area contributed by atoms with Gasteiger partial charge in [-0.1, -0.05) is 29.9 Å². The van der Waals surface area contributed by atoms with E-state index >= 15 is 0 Å². The summed E-state index contributed by atoms with van der Waals surface area (Å²) in [6.07, 6.45) is 0. The third kappa shape index (κ3) is 3.11. The molecule has 0 aliphatic carbocycles. The lowest BCUT2D eigenvalue weighted by molar-refractivity contribution is 1.19. The Balaban J connectivity index is 2.52. The molecule has 0 bridgehead atoms. The number of nitrogens with zero attached hydrogens (tertiary/aromatic N) is 1. The maximum Gasteiger partial charge on any atom is 0.106 e. The Hall–Kier alpha value is -1.58. The van der Waals surface area contributed by atoms with Crippen LogP contribution in [0.1, 0.15) is 16.7 Å². The number of halogens is 1. The summed E-state index contributed by atoms with van der Waals surface area (Å²) in [7, 11) is 2.00. The van der Waals surface area contributed by atoms with Gasteiger partial charge < -0.3 is 10.6 Å². The maximum absolute atomic E-state index is 6.03. The van der Waals surface area contributed by atoms with E-state index in [1.165, 1.54) is 11.1 Å². The van der Waals surface area contributed by atoms with E-state index in [4.69, 9.17) is 29.6 Å². The highest BCUT2D eigenvalue weighted by Gasteiger charge is 2.12. The van der Waals surface area contributed by atoms with Crippen molar-refractivity contribution in [2.45, 2.75) is 13.8 Å². The van der Waals surface area contributed by atoms with Gasteiger partial charge in [-0.3, -0.25) is 0 Å². The molecule has 2 rings (SSSR count). The van der Waals surface area contributed by atoms with E-state index in [1.807, 2.05) is 19.2 Å². The molecule has 0 radical (unpaired) electrons. The molecule has 2 aromatic carbocycles. The van der Waals surface area contributed by atoms with Crippen molar-refractivity contribution in [1.82, 2.24) is 0 Å². The number of hydrogen-bond donors (Lipinski definition) is 1. The third-order valence-electron chi connectivity index (χ3n) is 3.18. The normalized spacial score (nSPS) is 10.4. The zero-order valence-electron chi connectivity index (χ0n) is 11.8. The Labute approximate surface area is 130 Å². The molecule has 0 heterocycles. The van der Waals surface area contributed by atoms with Crippen LogP contribution in [0.4, 0.5) is 11.4 Å². The van der Waals surface area contributed by atoms with Crippen LogP contribution in [-0.2, 0) is 0 Å². The van der Waals surface area contributed by atoms with E-state index < -0.39 is 0 Å². The average Bonchev–Trinajstić information content (AvgIpc) is 2.36. The summed E-state index contributed by atoms with van der Waals surface area (Å²) in [6.45, 7) is 4.17. The van der Waals surface area contributed by atoms with Crippen molar-refractivity contribution in [3.05, 3.63) is 58.1 Å². The first kappa shape index (κ1) is 14.8. The number of nitrogens with two attached hydrogens (primary N) is 1. The fraction of sp³-hybridized carbons (Fsp3) is 0.188. The molecular formula is C16H17ClN2S. The Bertz CT molecular complexity index is 647. The molecule has 0 aliphatic rings. The first-order valence-electron chi connectivity index (χ1n) is 6.30. The highest BCUT2D eigenvalue weighted by molar-refractivity contribution is 7.80. The van der Waals surface area contributed by atoms with Gasteiger partial charge in [-0.15, -0.1) is 0 Å². The molecule has 20 heavy (non-hydrogen) atoms. The number of benzene rings is 2. The average molecular weight is 305 g/mol. The van der Waals surface area contributed by atoms with Crippen molar-refractivity contribution < 1.29 is 0 Å². The molecule has 2 N–H and O–H groups in total. The van der Waals surface area contributed by atoms with Crippen LogP contribution in [0.2, 0.25) is 5.02 Å². The van der Waals surface area contributed by atoms with Crippen molar-refractivity contribution >= 4 is 40.2 Å². The minimum Gasteiger partial charge on any atom is -0.389 e. The molecular weight excluding hydrogens is 288 g/mol. The van der Waals surface area contributed by atoms with E-state index in [0.717, 1.165) is 16.9 Å². The van der Waals surface area contributed by atoms with Crippen molar-refractivity contribution in [2.24, 2.45) is 5.73 Å². The molecule has 2 nitrogen and oxygen atoms in total. The zero-order chi connectivity index (χ0) is 14.9. The van der Waals surface area contributed by atoms with Crippen LogP contribution in [0.25, 0.3) is 0 Å². The first-order valence-corrected chi connectivity index (χ1v) is 7.08. The van der Waals surface area contributed by atoms with Gasteiger partial charge in [0, 0.05) is 23.3 Å². The molecule has 0 saturated carbocycles. The van der Waals surface area contributed by atoms with Crippen molar-refractivity contribution in [2.75, 3.05) is 11.9 Å². The minimum absolute atomic E-state index is 0.346. The zero-order valence-corrected chi connectivity index (χ0v) is 13.3. The lowest BCUT2D eigenvalue weighted by atomic mass is 10.1. The smallest absolute Gasteiger partial charge is 0.106 e. The second-order valence-electron chi connectivity index (χ2n) is 4.93. The third-order valence-corrected chi connectivity index (χ3v) is 3.63. The fourth-order valence-corrected chi connectivity index (χ4v) is 2.62. The van der Waals surface area contributed by atoms with Crippen LogP contribution in [0.3, 0.4) is 0 Å². The van der Waals surface area contributed by atoms with Gasteiger partial charge in [0.1, 0.15) is 4.99 Å². The quantitative estimate of drug-likeness (QED) is 0.854. The SMILES string of the molecule is Cc1cc(C)cc(N(C)c2ccc(Cl)cc2C(N)=S)c1. The van der Waals surface area contributed by atoms with Gasteiger partial charge in [-0.05, 0) is 55.3 Å². The van der Waals surface area contributed by atoms with Gasteiger partial charge in [-0.25, -0.2) is 0 Å². The highest BCUT2D eigenvalue weighted by atomic mass is 35.5. The summed E-state index contributed by atoms with van der Waals surface area (Å²) in [5, 5.41) is 0.630. The summed E-state index contributed by atoms with van der Waals surface area (Å²) >= 11 is 11.2. The van der Waals surface area contributed by atoms with Crippen molar-refractivity contribution in [3.8, 4) is 0 Å². The largest absolute Gasteiger partial charge is 0.389 e. The molecule has 0 saturated heterocycles. The second kappa shape index (κ2) is 5.81. The Morgan fingerprint density at radius 1 is 1.10 bits per heavy atom. The van der Waals surface area contributed by atoms with Crippen LogP contribution in [-0.4, -0.2) is 12.0 Å². The molecule has 0 atom stereocenters. The highest BCUT2D eigenvalue weighted by Crippen LogP contribution is 2.30. The summed E-state index contributed by atoms with van der Waals surface area (Å²) in [4.78, 5) is 2.42. The Morgan fingerprint density at radius 2 is 1.70 bits per heavy atom. The molecule has 0 amide bonds. The number of rotatable bonds is 3. The molecule has 0 aliphatic heterocycles. The first-order chi connectivity index (χ1) is 9.38. The lowest BCUT2D eigenvalue weighted by Gasteiger charge is -2.23. The standard InChI is InChI=1S/C16H17ClN2S/c1-10-6-11(2)8-13(7-10)19(3)15-5-4-12(17)9-14(15)16(18)20/h4-9H,1-3H3,(H2,18,20). The van der Waals surface area contributed by atoms with Gasteiger partial charge in [-0.2, -0.15) is 0 Å². The number of anilines is 2. The summed E-state index contributed by atoms with van der Waals surface area (Å²) in [5.74, 6) is 0. The number of aryl methyl sites for hydroxylation is 2. The van der Waals surface area contributed by atoms with Gasteiger partial charge in [0.25, 0.3) is 0 Å². The van der Waals surface area contributed by atoms with Crippen LogP contribution >= 0.6 is 23.8 Å².